The summed E-state index contributed by atoms with van der Waals surface area (Å²) in [4.78, 5) is 17.1. The summed E-state index contributed by atoms with van der Waals surface area (Å²) in [7, 11) is 0. The van der Waals surface area contributed by atoms with Gasteiger partial charge < -0.3 is 14.8 Å². The number of nitrogens with zero attached hydrogens (tertiary/aromatic N) is 1. The Morgan fingerprint density at radius 2 is 2.04 bits per heavy atom. The lowest BCUT2D eigenvalue weighted by Crippen LogP contribution is -2.30. The predicted octanol–water partition coefficient (Wildman–Crippen LogP) is 3.67. The zero-order valence-corrected chi connectivity index (χ0v) is 15.7. The molecule has 0 spiro atoms. The number of thiazole rings is 1. The Hall–Kier alpha value is -2.08. The summed E-state index contributed by atoms with van der Waals surface area (Å²) >= 11 is 1.60. The summed E-state index contributed by atoms with van der Waals surface area (Å²) in [5.74, 6) is 1.93. The van der Waals surface area contributed by atoms with Crippen LogP contribution in [0, 0.1) is 12.8 Å². The number of rotatable bonds is 6. The molecule has 134 valence electrons. The molecule has 3 rings (SSSR count). The molecule has 6 heteroatoms. The van der Waals surface area contributed by atoms with E-state index in [2.05, 4.69) is 24.1 Å². The van der Waals surface area contributed by atoms with Gasteiger partial charge in [-0.15, -0.1) is 11.3 Å². The third kappa shape index (κ3) is 4.72. The minimum Gasteiger partial charge on any atom is -0.486 e. The highest BCUT2D eigenvalue weighted by molar-refractivity contribution is 7.09. The van der Waals surface area contributed by atoms with Gasteiger partial charge in [0.15, 0.2) is 11.5 Å². The predicted molar refractivity (Wildman–Crippen MR) is 98.3 cm³/mol. The molecule has 0 saturated heterocycles. The van der Waals surface area contributed by atoms with Crippen molar-refractivity contribution in [2.24, 2.45) is 5.92 Å². The first kappa shape index (κ1) is 17.7. The molecule has 1 unspecified atom stereocenters. The quantitative estimate of drug-likeness (QED) is 0.854. The van der Waals surface area contributed by atoms with Crippen molar-refractivity contribution in [1.29, 1.82) is 0 Å². The standard InChI is InChI=1S/C19H24N2O3S/c1-12(2)8-15(19-20-13(3)11-25-19)21-18(22)10-14-4-5-16-17(9-14)24-7-6-23-16/h4-5,9,11-12,15H,6-8,10H2,1-3H3,(H,21,22). The zero-order valence-electron chi connectivity index (χ0n) is 14.9. The van der Waals surface area contributed by atoms with Gasteiger partial charge in [-0.05, 0) is 37.0 Å². The fourth-order valence-electron chi connectivity index (χ4n) is 2.85. The molecule has 1 atom stereocenters. The van der Waals surface area contributed by atoms with Gasteiger partial charge in [-0.25, -0.2) is 4.98 Å². The summed E-state index contributed by atoms with van der Waals surface area (Å²) in [6.45, 7) is 7.39. The molecule has 1 amide bonds. The Kier molecular flexibility index (Phi) is 5.58. The minimum atomic E-state index is -0.0385. The van der Waals surface area contributed by atoms with E-state index >= 15 is 0 Å². The molecular weight excluding hydrogens is 336 g/mol. The molecule has 1 aliphatic rings. The lowest BCUT2D eigenvalue weighted by molar-refractivity contribution is -0.121. The molecule has 0 fully saturated rings. The first-order valence-corrected chi connectivity index (χ1v) is 9.49. The summed E-state index contributed by atoms with van der Waals surface area (Å²) in [6.07, 6.45) is 1.19. The number of hydrogen-bond acceptors (Lipinski definition) is 5. The van der Waals surface area contributed by atoms with Gasteiger partial charge in [0.2, 0.25) is 5.91 Å². The Labute approximate surface area is 152 Å². The average molecular weight is 360 g/mol. The van der Waals surface area contributed by atoms with Crippen LogP contribution in [0.5, 0.6) is 11.5 Å². The number of ether oxygens (including phenoxy) is 2. The van der Waals surface area contributed by atoms with Crippen molar-refractivity contribution in [3.8, 4) is 11.5 Å². The maximum Gasteiger partial charge on any atom is 0.224 e. The third-order valence-electron chi connectivity index (χ3n) is 3.95. The van der Waals surface area contributed by atoms with E-state index in [1.54, 1.807) is 11.3 Å². The lowest BCUT2D eigenvalue weighted by atomic mass is 10.0. The van der Waals surface area contributed by atoms with Crippen molar-refractivity contribution < 1.29 is 14.3 Å². The molecule has 1 aromatic heterocycles. The van der Waals surface area contributed by atoms with Gasteiger partial charge in [-0.2, -0.15) is 0 Å². The minimum absolute atomic E-state index is 0.00446. The second-order valence-corrected chi connectivity index (χ2v) is 7.62. The van der Waals surface area contributed by atoms with Crippen LogP contribution in [-0.2, 0) is 11.2 Å². The third-order valence-corrected chi connectivity index (χ3v) is 5.02. The highest BCUT2D eigenvalue weighted by Gasteiger charge is 2.20. The Morgan fingerprint density at radius 1 is 1.28 bits per heavy atom. The van der Waals surface area contributed by atoms with Crippen molar-refractivity contribution in [2.45, 2.75) is 39.7 Å². The Bertz CT molecular complexity index is 742. The molecule has 1 aromatic carbocycles. The number of benzene rings is 1. The first-order chi connectivity index (χ1) is 12.0. The van der Waals surface area contributed by atoms with Gasteiger partial charge in [0, 0.05) is 11.1 Å². The second kappa shape index (κ2) is 7.87. The van der Waals surface area contributed by atoms with E-state index in [0.717, 1.165) is 28.4 Å². The summed E-state index contributed by atoms with van der Waals surface area (Å²) in [5.41, 5.74) is 1.91. The highest BCUT2D eigenvalue weighted by atomic mass is 32.1. The number of hydrogen-bond donors (Lipinski definition) is 1. The first-order valence-electron chi connectivity index (χ1n) is 8.61. The summed E-state index contributed by atoms with van der Waals surface area (Å²) < 4.78 is 11.1. The molecule has 1 aliphatic heterocycles. The largest absolute Gasteiger partial charge is 0.486 e. The van der Waals surface area contributed by atoms with Gasteiger partial charge in [-0.3, -0.25) is 4.79 Å². The van der Waals surface area contributed by atoms with Crippen molar-refractivity contribution in [3.05, 3.63) is 39.8 Å². The SMILES string of the molecule is Cc1csc(C(CC(C)C)NC(=O)Cc2ccc3c(c2)OCCO3)n1. The van der Waals surface area contributed by atoms with Crippen LogP contribution in [-0.4, -0.2) is 24.1 Å². The van der Waals surface area contributed by atoms with Crippen LogP contribution < -0.4 is 14.8 Å². The van der Waals surface area contributed by atoms with Crippen LogP contribution in [0.2, 0.25) is 0 Å². The maximum atomic E-state index is 12.5. The molecule has 5 nitrogen and oxygen atoms in total. The molecular formula is C19H24N2O3S. The fourth-order valence-corrected chi connectivity index (χ4v) is 3.71. The van der Waals surface area contributed by atoms with Gasteiger partial charge in [0.25, 0.3) is 0 Å². The number of amides is 1. The average Bonchev–Trinajstić information content (AvgIpc) is 3.00. The number of nitrogens with one attached hydrogen (secondary N) is 1. The van der Waals surface area contributed by atoms with Gasteiger partial charge in [0.1, 0.15) is 18.2 Å². The smallest absolute Gasteiger partial charge is 0.224 e. The van der Waals surface area contributed by atoms with E-state index in [1.807, 2.05) is 30.5 Å². The van der Waals surface area contributed by atoms with Crippen LogP contribution in [0.25, 0.3) is 0 Å². The van der Waals surface area contributed by atoms with E-state index in [-0.39, 0.29) is 11.9 Å². The molecule has 25 heavy (non-hydrogen) atoms. The van der Waals surface area contributed by atoms with E-state index < -0.39 is 0 Å². The van der Waals surface area contributed by atoms with Crippen molar-refractivity contribution >= 4 is 17.2 Å². The monoisotopic (exact) mass is 360 g/mol. The van der Waals surface area contributed by atoms with Gasteiger partial charge in [0.05, 0.1) is 12.5 Å². The van der Waals surface area contributed by atoms with Crippen molar-refractivity contribution in [2.75, 3.05) is 13.2 Å². The summed E-state index contributed by atoms with van der Waals surface area (Å²) in [5, 5.41) is 6.14. The van der Waals surface area contributed by atoms with Crippen LogP contribution in [0.1, 0.15) is 42.6 Å². The molecule has 0 bridgehead atoms. The van der Waals surface area contributed by atoms with Gasteiger partial charge >= 0.3 is 0 Å². The van der Waals surface area contributed by atoms with E-state index in [1.165, 1.54) is 0 Å². The van der Waals surface area contributed by atoms with Crippen molar-refractivity contribution in [1.82, 2.24) is 10.3 Å². The molecule has 2 aromatic rings. The zero-order chi connectivity index (χ0) is 17.8. The van der Waals surface area contributed by atoms with Crippen LogP contribution in [0.15, 0.2) is 23.6 Å². The number of aryl methyl sites for hydroxylation is 1. The van der Waals surface area contributed by atoms with Crippen LogP contribution in [0.3, 0.4) is 0 Å². The lowest BCUT2D eigenvalue weighted by Gasteiger charge is -2.20. The highest BCUT2D eigenvalue weighted by Crippen LogP contribution is 2.31. The Morgan fingerprint density at radius 3 is 2.72 bits per heavy atom. The fraction of sp³-hybridized carbons (Fsp3) is 0.474. The van der Waals surface area contributed by atoms with Crippen LogP contribution >= 0.6 is 11.3 Å². The molecule has 0 saturated carbocycles. The van der Waals surface area contributed by atoms with Crippen LogP contribution in [0.4, 0.5) is 0 Å². The molecule has 0 aliphatic carbocycles. The normalized spacial score (nSPS) is 14.4. The second-order valence-electron chi connectivity index (χ2n) is 6.73. The van der Waals surface area contributed by atoms with Gasteiger partial charge in [-0.1, -0.05) is 19.9 Å². The number of fused-ring (bicyclic) bond motifs is 1. The number of aromatic nitrogens is 1. The number of carbonyl (C=O) groups is 1. The Balaban J connectivity index is 1.67. The molecule has 1 N–H and O–H groups in total. The summed E-state index contributed by atoms with van der Waals surface area (Å²) in [6, 6.07) is 5.63. The van der Waals surface area contributed by atoms with E-state index in [0.29, 0.717) is 31.3 Å². The van der Waals surface area contributed by atoms with E-state index in [9.17, 15) is 4.79 Å². The molecule has 2 heterocycles. The topological polar surface area (TPSA) is 60.5 Å². The van der Waals surface area contributed by atoms with Crippen molar-refractivity contribution in [3.63, 3.8) is 0 Å². The number of carbonyl (C=O) groups excluding carboxylic acids is 1. The maximum absolute atomic E-state index is 12.5. The van der Waals surface area contributed by atoms with E-state index in [4.69, 9.17) is 9.47 Å². The molecule has 0 radical (unpaired) electrons.